The minimum Gasteiger partial charge on any atom is -0.381 e. The second-order valence-corrected chi connectivity index (χ2v) is 6.17. The van der Waals surface area contributed by atoms with Crippen molar-refractivity contribution in [3.63, 3.8) is 0 Å². The quantitative estimate of drug-likeness (QED) is 0.754. The van der Waals surface area contributed by atoms with Gasteiger partial charge < -0.3 is 10.5 Å². The van der Waals surface area contributed by atoms with E-state index in [-0.39, 0.29) is 0 Å². The third-order valence-corrected chi connectivity index (χ3v) is 5.12. The summed E-state index contributed by atoms with van der Waals surface area (Å²) in [6, 6.07) is 1.25. The van der Waals surface area contributed by atoms with Gasteiger partial charge in [-0.1, -0.05) is 6.42 Å². The fourth-order valence-corrected chi connectivity index (χ4v) is 4.10. The molecule has 2 saturated heterocycles. The molecule has 0 amide bonds. The van der Waals surface area contributed by atoms with E-state index in [1.54, 1.807) is 0 Å². The van der Waals surface area contributed by atoms with Crippen molar-refractivity contribution in [3.05, 3.63) is 0 Å². The molecule has 0 radical (unpaired) electrons. The summed E-state index contributed by atoms with van der Waals surface area (Å²) >= 11 is 0. The summed E-state index contributed by atoms with van der Waals surface area (Å²) in [6.07, 6.45) is 7.82. The van der Waals surface area contributed by atoms with Gasteiger partial charge in [-0.05, 0) is 43.9 Å². The van der Waals surface area contributed by atoms with E-state index in [0.717, 1.165) is 31.1 Å². The van der Waals surface area contributed by atoms with Crippen molar-refractivity contribution in [3.8, 4) is 0 Å². The highest BCUT2D eigenvalue weighted by Gasteiger charge is 2.40. The van der Waals surface area contributed by atoms with Gasteiger partial charge >= 0.3 is 0 Å². The van der Waals surface area contributed by atoms with E-state index in [0.29, 0.717) is 6.04 Å². The highest BCUT2D eigenvalue weighted by molar-refractivity contribution is 4.95. The van der Waals surface area contributed by atoms with E-state index < -0.39 is 0 Å². The number of hydrogen-bond donors (Lipinski definition) is 1. The minimum absolute atomic E-state index is 0.473. The summed E-state index contributed by atoms with van der Waals surface area (Å²) < 4.78 is 5.57. The first-order valence-corrected chi connectivity index (χ1v) is 7.42. The van der Waals surface area contributed by atoms with E-state index in [1.165, 1.54) is 51.6 Å². The number of rotatable bonds is 1. The second kappa shape index (κ2) is 5.25. The third-order valence-electron chi connectivity index (χ3n) is 5.12. The van der Waals surface area contributed by atoms with E-state index in [9.17, 15) is 0 Å². The molecule has 2 N–H and O–H groups in total. The zero-order chi connectivity index (χ0) is 11.7. The number of nitrogens with two attached hydrogens (primary N) is 1. The van der Waals surface area contributed by atoms with Crippen LogP contribution in [0, 0.1) is 11.8 Å². The standard InChI is InChI=1S/C14H26N2O/c15-14-5-1-3-11-9-16(10-13(11)14)12-4-2-7-17-8-6-12/h11-14H,1-10,15H2. The molecule has 0 aromatic rings. The van der Waals surface area contributed by atoms with Gasteiger partial charge in [0.15, 0.2) is 0 Å². The van der Waals surface area contributed by atoms with E-state index in [2.05, 4.69) is 4.90 Å². The number of hydrogen-bond acceptors (Lipinski definition) is 3. The molecule has 17 heavy (non-hydrogen) atoms. The minimum atomic E-state index is 0.473. The lowest BCUT2D eigenvalue weighted by molar-refractivity contribution is 0.133. The molecule has 3 fully saturated rings. The Labute approximate surface area is 105 Å². The van der Waals surface area contributed by atoms with Crippen molar-refractivity contribution in [1.29, 1.82) is 0 Å². The van der Waals surface area contributed by atoms with Crippen LogP contribution in [-0.2, 0) is 4.74 Å². The van der Waals surface area contributed by atoms with Crippen LogP contribution in [0.3, 0.4) is 0 Å². The zero-order valence-corrected chi connectivity index (χ0v) is 10.8. The van der Waals surface area contributed by atoms with Crippen LogP contribution in [0.1, 0.15) is 38.5 Å². The maximum atomic E-state index is 6.29. The maximum absolute atomic E-state index is 6.29. The summed E-state index contributed by atoms with van der Waals surface area (Å²) in [7, 11) is 0. The van der Waals surface area contributed by atoms with Crippen molar-refractivity contribution >= 4 is 0 Å². The molecule has 0 spiro atoms. The summed E-state index contributed by atoms with van der Waals surface area (Å²) in [5.41, 5.74) is 6.29. The molecule has 98 valence electrons. The topological polar surface area (TPSA) is 38.5 Å². The molecule has 3 nitrogen and oxygen atoms in total. The first kappa shape index (κ1) is 11.9. The average molecular weight is 238 g/mol. The Bertz CT molecular complexity index is 251. The zero-order valence-electron chi connectivity index (χ0n) is 10.8. The molecular weight excluding hydrogens is 212 g/mol. The Morgan fingerprint density at radius 3 is 2.76 bits per heavy atom. The number of ether oxygens (including phenoxy) is 1. The van der Waals surface area contributed by atoms with Gasteiger partial charge in [-0.15, -0.1) is 0 Å². The van der Waals surface area contributed by atoms with Crippen molar-refractivity contribution in [2.75, 3.05) is 26.3 Å². The largest absolute Gasteiger partial charge is 0.381 e. The van der Waals surface area contributed by atoms with Gasteiger partial charge in [0.05, 0.1) is 0 Å². The van der Waals surface area contributed by atoms with Crippen molar-refractivity contribution in [1.82, 2.24) is 4.90 Å². The van der Waals surface area contributed by atoms with Crippen LogP contribution in [0.4, 0.5) is 0 Å². The van der Waals surface area contributed by atoms with Crippen LogP contribution in [-0.4, -0.2) is 43.3 Å². The summed E-state index contributed by atoms with van der Waals surface area (Å²) in [5.74, 6) is 1.68. The molecule has 0 aromatic heterocycles. The number of likely N-dealkylation sites (tertiary alicyclic amines) is 1. The molecule has 1 aliphatic carbocycles. The van der Waals surface area contributed by atoms with Gasteiger partial charge in [0.1, 0.15) is 0 Å². The number of fused-ring (bicyclic) bond motifs is 1. The molecule has 0 aromatic carbocycles. The molecular formula is C14H26N2O. The van der Waals surface area contributed by atoms with Crippen LogP contribution in [0.2, 0.25) is 0 Å². The Balaban J connectivity index is 1.61. The first-order chi connectivity index (χ1) is 8.34. The molecule has 3 rings (SSSR count). The molecule has 3 heteroatoms. The fourth-order valence-electron chi connectivity index (χ4n) is 4.10. The fraction of sp³-hybridized carbons (Fsp3) is 1.00. The molecule has 4 atom stereocenters. The molecule has 0 bridgehead atoms. The summed E-state index contributed by atoms with van der Waals surface area (Å²) in [4.78, 5) is 2.73. The maximum Gasteiger partial charge on any atom is 0.0480 e. The van der Waals surface area contributed by atoms with E-state index in [1.807, 2.05) is 0 Å². The second-order valence-electron chi connectivity index (χ2n) is 6.17. The predicted molar refractivity (Wildman–Crippen MR) is 68.8 cm³/mol. The Morgan fingerprint density at radius 1 is 0.941 bits per heavy atom. The van der Waals surface area contributed by atoms with E-state index in [4.69, 9.17) is 10.5 Å². The van der Waals surface area contributed by atoms with Crippen molar-refractivity contribution < 1.29 is 4.74 Å². The third kappa shape index (κ3) is 2.51. The van der Waals surface area contributed by atoms with Crippen molar-refractivity contribution in [2.45, 2.75) is 50.6 Å². The normalized spacial score (nSPS) is 44.3. The Hall–Kier alpha value is -0.120. The lowest BCUT2D eigenvalue weighted by atomic mass is 9.78. The van der Waals surface area contributed by atoms with Crippen LogP contribution >= 0.6 is 0 Å². The molecule has 2 aliphatic heterocycles. The first-order valence-electron chi connectivity index (χ1n) is 7.42. The van der Waals surface area contributed by atoms with Gasteiger partial charge in [0.2, 0.25) is 0 Å². The van der Waals surface area contributed by atoms with Crippen LogP contribution in [0.5, 0.6) is 0 Å². The van der Waals surface area contributed by atoms with E-state index >= 15 is 0 Å². The van der Waals surface area contributed by atoms with Crippen LogP contribution < -0.4 is 5.73 Å². The van der Waals surface area contributed by atoms with Gasteiger partial charge in [-0.2, -0.15) is 0 Å². The Kier molecular flexibility index (Phi) is 3.69. The van der Waals surface area contributed by atoms with Crippen LogP contribution in [0.15, 0.2) is 0 Å². The molecule has 4 unspecified atom stereocenters. The van der Waals surface area contributed by atoms with Crippen molar-refractivity contribution in [2.24, 2.45) is 17.6 Å². The molecule has 1 saturated carbocycles. The molecule has 3 aliphatic rings. The van der Waals surface area contributed by atoms with Crippen LogP contribution in [0.25, 0.3) is 0 Å². The Morgan fingerprint density at radius 2 is 1.88 bits per heavy atom. The lowest BCUT2D eigenvalue weighted by Crippen LogP contribution is -2.39. The monoisotopic (exact) mass is 238 g/mol. The lowest BCUT2D eigenvalue weighted by Gasteiger charge is -2.30. The van der Waals surface area contributed by atoms with Gasteiger partial charge in [0.25, 0.3) is 0 Å². The highest BCUT2D eigenvalue weighted by atomic mass is 16.5. The van der Waals surface area contributed by atoms with Gasteiger partial charge in [-0.3, -0.25) is 4.90 Å². The van der Waals surface area contributed by atoms with Gasteiger partial charge in [0, 0.05) is 38.4 Å². The van der Waals surface area contributed by atoms with Gasteiger partial charge in [-0.25, -0.2) is 0 Å². The SMILES string of the molecule is NC1CCCC2CN(C3CCCOCC3)CC12. The smallest absolute Gasteiger partial charge is 0.0480 e. The highest BCUT2D eigenvalue weighted by Crippen LogP contribution is 2.37. The summed E-state index contributed by atoms with van der Waals surface area (Å²) in [6.45, 7) is 4.50. The summed E-state index contributed by atoms with van der Waals surface area (Å²) in [5, 5.41) is 0. The average Bonchev–Trinajstić information content (AvgIpc) is 2.59. The predicted octanol–water partition coefficient (Wildman–Crippen LogP) is 1.61. The number of nitrogens with zero attached hydrogens (tertiary/aromatic N) is 1. The molecule has 2 heterocycles.